The highest BCUT2D eigenvalue weighted by atomic mass is 16.5. The third-order valence-corrected chi connectivity index (χ3v) is 1.20. The number of hydrogen-bond donors (Lipinski definition) is 1. The molecule has 0 aromatic heterocycles. The molecule has 0 spiro atoms. The summed E-state index contributed by atoms with van der Waals surface area (Å²) in [7, 11) is 0. The largest absolute Gasteiger partial charge is 0.494 e. The van der Waals surface area contributed by atoms with Gasteiger partial charge in [0.05, 0.1) is 6.10 Å². The number of rotatable bonds is 3. The van der Waals surface area contributed by atoms with Crippen molar-refractivity contribution in [1.82, 2.24) is 0 Å². The fourth-order valence-corrected chi connectivity index (χ4v) is 0.440. The maximum absolute atomic E-state index is 5.28. The first kappa shape index (κ1) is 8.34. The van der Waals surface area contributed by atoms with E-state index in [1.807, 2.05) is 13.8 Å². The minimum absolute atomic E-state index is 0.282. The molecular weight excluding hydrogens is 114 g/mol. The Morgan fingerprint density at radius 2 is 2.33 bits per heavy atom. The highest BCUT2D eigenvalue weighted by Gasteiger charge is 1.96. The van der Waals surface area contributed by atoms with Crippen LogP contribution in [0.3, 0.4) is 0 Å². The summed E-state index contributed by atoms with van der Waals surface area (Å²) in [5.41, 5.74) is 5.19. The lowest BCUT2D eigenvalue weighted by Gasteiger charge is -2.11. The molecule has 0 radical (unpaired) electrons. The Kier molecular flexibility index (Phi) is 3.93. The van der Waals surface area contributed by atoms with E-state index in [4.69, 9.17) is 10.5 Å². The molecule has 1 unspecified atom stereocenters. The zero-order valence-electron chi connectivity index (χ0n) is 6.35. The van der Waals surface area contributed by atoms with E-state index in [0.29, 0.717) is 0 Å². The third-order valence-electron chi connectivity index (χ3n) is 1.20. The molecule has 2 heteroatoms. The van der Waals surface area contributed by atoms with Gasteiger partial charge in [-0.25, -0.2) is 0 Å². The van der Waals surface area contributed by atoms with Crippen molar-refractivity contribution in [3.05, 3.63) is 12.0 Å². The molecule has 0 amide bonds. The van der Waals surface area contributed by atoms with Crippen LogP contribution in [0.5, 0.6) is 0 Å². The van der Waals surface area contributed by atoms with E-state index in [-0.39, 0.29) is 6.10 Å². The normalized spacial score (nSPS) is 15.2. The lowest BCUT2D eigenvalue weighted by molar-refractivity contribution is 0.129. The standard InChI is InChI=1S/C7H15NO/c1-4-6(2)9-7(3)5-8/h5-6H,4,8H2,1-3H3/b7-5+. The quantitative estimate of drug-likeness (QED) is 0.588. The molecule has 0 bridgehead atoms. The fraction of sp³-hybridized carbons (Fsp3) is 0.714. The minimum atomic E-state index is 0.282. The van der Waals surface area contributed by atoms with Crippen LogP contribution in [0.15, 0.2) is 12.0 Å². The molecule has 0 aliphatic carbocycles. The van der Waals surface area contributed by atoms with Gasteiger partial charge in [0.15, 0.2) is 0 Å². The predicted octanol–water partition coefficient (Wildman–Crippen LogP) is 1.62. The van der Waals surface area contributed by atoms with Crippen molar-refractivity contribution in [2.24, 2.45) is 5.73 Å². The molecule has 1 atom stereocenters. The van der Waals surface area contributed by atoms with E-state index in [9.17, 15) is 0 Å². The summed E-state index contributed by atoms with van der Waals surface area (Å²) in [4.78, 5) is 0. The first-order valence-electron chi connectivity index (χ1n) is 3.25. The summed E-state index contributed by atoms with van der Waals surface area (Å²) in [6.07, 6.45) is 2.78. The third kappa shape index (κ3) is 3.88. The average molecular weight is 129 g/mol. The van der Waals surface area contributed by atoms with Gasteiger partial charge in [-0.3, -0.25) is 0 Å². The number of nitrogens with two attached hydrogens (primary N) is 1. The molecule has 0 heterocycles. The number of allylic oxidation sites excluding steroid dienone is 1. The Morgan fingerprint density at radius 3 is 2.67 bits per heavy atom. The second-order valence-corrected chi connectivity index (χ2v) is 2.11. The Labute approximate surface area is 56.7 Å². The van der Waals surface area contributed by atoms with Gasteiger partial charge in [0, 0.05) is 6.20 Å². The number of hydrogen-bond acceptors (Lipinski definition) is 2. The Hall–Kier alpha value is -0.660. The molecular formula is C7H15NO. The van der Waals surface area contributed by atoms with E-state index in [0.717, 1.165) is 12.2 Å². The summed E-state index contributed by atoms with van der Waals surface area (Å²) in [5, 5.41) is 0. The Balaban J connectivity index is 3.47. The van der Waals surface area contributed by atoms with Crippen molar-refractivity contribution in [1.29, 1.82) is 0 Å². The Bertz CT molecular complexity index is 99.1. The van der Waals surface area contributed by atoms with Gasteiger partial charge in [0.2, 0.25) is 0 Å². The SMILES string of the molecule is CCC(C)O/C(C)=C/N. The van der Waals surface area contributed by atoms with Gasteiger partial charge in [-0.1, -0.05) is 6.92 Å². The van der Waals surface area contributed by atoms with E-state index < -0.39 is 0 Å². The lowest BCUT2D eigenvalue weighted by Crippen LogP contribution is -2.05. The van der Waals surface area contributed by atoms with Crippen molar-refractivity contribution >= 4 is 0 Å². The second kappa shape index (κ2) is 4.24. The van der Waals surface area contributed by atoms with E-state index >= 15 is 0 Å². The van der Waals surface area contributed by atoms with E-state index in [1.165, 1.54) is 6.20 Å². The first-order chi connectivity index (χ1) is 4.20. The molecule has 9 heavy (non-hydrogen) atoms. The average Bonchev–Trinajstić information content (AvgIpc) is 1.87. The van der Waals surface area contributed by atoms with Gasteiger partial charge >= 0.3 is 0 Å². The summed E-state index contributed by atoms with van der Waals surface area (Å²) in [6.45, 7) is 5.95. The van der Waals surface area contributed by atoms with Crippen LogP contribution < -0.4 is 5.73 Å². The highest BCUT2D eigenvalue weighted by molar-refractivity contribution is 4.83. The minimum Gasteiger partial charge on any atom is -0.494 e. The van der Waals surface area contributed by atoms with Crippen LogP contribution in [0.2, 0.25) is 0 Å². The van der Waals surface area contributed by atoms with Crippen LogP contribution in [-0.4, -0.2) is 6.10 Å². The van der Waals surface area contributed by atoms with Gasteiger partial charge in [0.1, 0.15) is 5.76 Å². The van der Waals surface area contributed by atoms with Crippen molar-refractivity contribution in [2.75, 3.05) is 0 Å². The molecule has 0 fully saturated rings. The number of ether oxygens (including phenoxy) is 1. The van der Waals surface area contributed by atoms with Gasteiger partial charge in [-0.15, -0.1) is 0 Å². The van der Waals surface area contributed by atoms with Gasteiger partial charge < -0.3 is 10.5 Å². The smallest absolute Gasteiger partial charge is 0.109 e. The van der Waals surface area contributed by atoms with Crippen LogP contribution in [0.4, 0.5) is 0 Å². The van der Waals surface area contributed by atoms with Gasteiger partial charge in [-0.05, 0) is 20.3 Å². The zero-order valence-corrected chi connectivity index (χ0v) is 6.35. The van der Waals surface area contributed by atoms with Crippen molar-refractivity contribution in [3.63, 3.8) is 0 Å². The summed E-state index contributed by atoms with van der Waals surface area (Å²) >= 11 is 0. The molecule has 0 aromatic carbocycles. The molecule has 54 valence electrons. The molecule has 2 N–H and O–H groups in total. The molecule has 2 nitrogen and oxygen atoms in total. The maximum Gasteiger partial charge on any atom is 0.109 e. The van der Waals surface area contributed by atoms with Gasteiger partial charge in [0.25, 0.3) is 0 Å². The summed E-state index contributed by atoms with van der Waals surface area (Å²) < 4.78 is 5.28. The molecule has 0 aromatic rings. The monoisotopic (exact) mass is 129 g/mol. The summed E-state index contributed by atoms with van der Waals surface area (Å²) in [6, 6.07) is 0. The maximum atomic E-state index is 5.28. The van der Waals surface area contributed by atoms with Crippen LogP contribution in [0.1, 0.15) is 27.2 Å². The fourth-order valence-electron chi connectivity index (χ4n) is 0.440. The topological polar surface area (TPSA) is 35.2 Å². The molecule has 0 rings (SSSR count). The highest BCUT2D eigenvalue weighted by Crippen LogP contribution is 2.02. The molecule has 0 saturated heterocycles. The van der Waals surface area contributed by atoms with Crippen molar-refractivity contribution < 1.29 is 4.74 Å². The van der Waals surface area contributed by atoms with E-state index in [2.05, 4.69) is 6.92 Å². The first-order valence-corrected chi connectivity index (χ1v) is 3.25. The van der Waals surface area contributed by atoms with Crippen LogP contribution in [0, 0.1) is 0 Å². The van der Waals surface area contributed by atoms with Gasteiger partial charge in [-0.2, -0.15) is 0 Å². The molecule has 0 aliphatic heterocycles. The molecule has 0 saturated carbocycles. The predicted molar refractivity (Wildman–Crippen MR) is 38.8 cm³/mol. The van der Waals surface area contributed by atoms with Crippen molar-refractivity contribution in [2.45, 2.75) is 33.3 Å². The molecule has 0 aliphatic rings. The van der Waals surface area contributed by atoms with Crippen molar-refractivity contribution in [3.8, 4) is 0 Å². The Morgan fingerprint density at radius 1 is 1.78 bits per heavy atom. The van der Waals surface area contributed by atoms with Crippen LogP contribution in [-0.2, 0) is 4.74 Å². The van der Waals surface area contributed by atoms with Crippen LogP contribution in [0.25, 0.3) is 0 Å². The second-order valence-electron chi connectivity index (χ2n) is 2.11. The van der Waals surface area contributed by atoms with Crippen LogP contribution >= 0.6 is 0 Å². The summed E-state index contributed by atoms with van der Waals surface area (Å²) in [5.74, 6) is 0.796. The van der Waals surface area contributed by atoms with E-state index in [1.54, 1.807) is 0 Å². The zero-order chi connectivity index (χ0) is 7.28. The lowest BCUT2D eigenvalue weighted by atomic mass is 10.3.